The summed E-state index contributed by atoms with van der Waals surface area (Å²) in [5.74, 6) is 0. The number of hydrogen-bond donors (Lipinski definition) is 1. The normalized spacial score (nSPS) is 11.6. The molecule has 1 aromatic carbocycles. The van der Waals surface area contributed by atoms with Gasteiger partial charge in [-0.3, -0.25) is 10.1 Å². The molecule has 0 heterocycles. The average Bonchev–Trinajstić information content (AvgIpc) is 2.37. The van der Waals surface area contributed by atoms with Crippen LogP contribution in [0.1, 0.15) is 38.7 Å². The lowest BCUT2D eigenvalue weighted by atomic mass is 10.1. The Balaban J connectivity index is 2.92. The molecule has 1 rings (SSSR count). The van der Waals surface area contributed by atoms with Crippen molar-refractivity contribution in [3.63, 3.8) is 0 Å². The first kappa shape index (κ1) is 14.0. The van der Waals surface area contributed by atoms with Gasteiger partial charge in [0.2, 0.25) is 0 Å². The summed E-state index contributed by atoms with van der Waals surface area (Å²) in [6.45, 7) is 4.20. The summed E-state index contributed by atoms with van der Waals surface area (Å²) < 4.78 is 0. The molecule has 1 atom stereocenters. The highest BCUT2D eigenvalue weighted by molar-refractivity contribution is 5.58. The number of nitrogens with one attached hydrogen (secondary N) is 1. The van der Waals surface area contributed by atoms with Gasteiger partial charge in [0.25, 0.3) is 5.69 Å². The minimum atomic E-state index is -0.536. The maximum atomic E-state index is 10.7. The molecular formula is C13H17N3O2. The third kappa shape index (κ3) is 3.45. The summed E-state index contributed by atoms with van der Waals surface area (Å²) in [7, 11) is 0. The standard InChI is InChI=1S/C13H17N3O2/c1-3-5-11(4-2)15-12-6-7-13(16(17)18)10(8-12)9-14/h6-8,11,15H,3-5H2,1-2H3. The van der Waals surface area contributed by atoms with Gasteiger partial charge in [0.1, 0.15) is 11.6 Å². The van der Waals surface area contributed by atoms with E-state index in [1.54, 1.807) is 6.07 Å². The number of anilines is 1. The van der Waals surface area contributed by atoms with Crippen LogP contribution in [0, 0.1) is 21.4 Å². The summed E-state index contributed by atoms with van der Waals surface area (Å²) >= 11 is 0. The molecule has 0 aliphatic rings. The van der Waals surface area contributed by atoms with Gasteiger partial charge >= 0.3 is 0 Å². The Labute approximate surface area is 107 Å². The highest BCUT2D eigenvalue weighted by Crippen LogP contribution is 2.23. The maximum Gasteiger partial charge on any atom is 0.287 e. The Kier molecular flexibility index (Phi) is 5.12. The van der Waals surface area contributed by atoms with Crippen LogP contribution in [0.4, 0.5) is 11.4 Å². The van der Waals surface area contributed by atoms with Gasteiger partial charge in [0.15, 0.2) is 0 Å². The number of hydrogen-bond acceptors (Lipinski definition) is 4. The largest absolute Gasteiger partial charge is 0.382 e. The van der Waals surface area contributed by atoms with E-state index in [4.69, 9.17) is 5.26 Å². The molecule has 0 bridgehead atoms. The van der Waals surface area contributed by atoms with Crippen molar-refractivity contribution in [3.05, 3.63) is 33.9 Å². The zero-order valence-corrected chi connectivity index (χ0v) is 10.6. The molecule has 0 aliphatic carbocycles. The van der Waals surface area contributed by atoms with Gasteiger partial charge in [-0.1, -0.05) is 20.3 Å². The van der Waals surface area contributed by atoms with Gasteiger partial charge in [-0.05, 0) is 25.0 Å². The summed E-state index contributed by atoms with van der Waals surface area (Å²) in [4.78, 5) is 10.2. The number of benzene rings is 1. The Hall–Kier alpha value is -2.09. The fraction of sp³-hybridized carbons (Fsp3) is 0.462. The lowest BCUT2D eigenvalue weighted by Crippen LogP contribution is -2.17. The van der Waals surface area contributed by atoms with E-state index < -0.39 is 4.92 Å². The second-order valence-corrected chi connectivity index (χ2v) is 4.14. The van der Waals surface area contributed by atoms with Crippen molar-refractivity contribution in [2.45, 2.75) is 39.2 Å². The minimum absolute atomic E-state index is 0.0938. The van der Waals surface area contributed by atoms with Crippen LogP contribution in [0.3, 0.4) is 0 Å². The number of nitriles is 1. The molecule has 1 N–H and O–H groups in total. The van der Waals surface area contributed by atoms with Crippen LogP contribution in [0.15, 0.2) is 18.2 Å². The molecule has 0 aromatic heterocycles. The van der Waals surface area contributed by atoms with Crippen LogP contribution in [0.5, 0.6) is 0 Å². The molecule has 0 spiro atoms. The van der Waals surface area contributed by atoms with E-state index in [0.717, 1.165) is 24.9 Å². The lowest BCUT2D eigenvalue weighted by molar-refractivity contribution is -0.385. The van der Waals surface area contributed by atoms with Gasteiger partial charge in [0.05, 0.1) is 4.92 Å². The van der Waals surface area contributed by atoms with E-state index in [-0.39, 0.29) is 11.3 Å². The van der Waals surface area contributed by atoms with Crippen LogP contribution in [0.2, 0.25) is 0 Å². The summed E-state index contributed by atoms with van der Waals surface area (Å²) in [5.41, 5.74) is 0.709. The van der Waals surface area contributed by atoms with E-state index in [1.807, 2.05) is 6.07 Å². The topological polar surface area (TPSA) is 79.0 Å². The molecule has 1 aromatic rings. The Morgan fingerprint density at radius 1 is 1.50 bits per heavy atom. The lowest BCUT2D eigenvalue weighted by Gasteiger charge is -2.17. The van der Waals surface area contributed by atoms with Gasteiger partial charge in [-0.15, -0.1) is 0 Å². The number of nitro groups is 1. The molecule has 0 saturated carbocycles. The van der Waals surface area contributed by atoms with Crippen LogP contribution < -0.4 is 5.32 Å². The van der Waals surface area contributed by atoms with E-state index in [0.29, 0.717) is 6.04 Å². The van der Waals surface area contributed by atoms with Crippen LogP contribution in [-0.2, 0) is 0 Å². The molecule has 0 fully saturated rings. The average molecular weight is 247 g/mol. The monoisotopic (exact) mass is 247 g/mol. The quantitative estimate of drug-likeness (QED) is 0.616. The summed E-state index contributed by atoms with van der Waals surface area (Å²) in [6.07, 6.45) is 3.09. The predicted octanol–water partition coefficient (Wildman–Crippen LogP) is 3.46. The zero-order chi connectivity index (χ0) is 13.5. The molecule has 96 valence electrons. The van der Waals surface area contributed by atoms with Crippen molar-refractivity contribution in [1.82, 2.24) is 0 Å². The Morgan fingerprint density at radius 2 is 2.22 bits per heavy atom. The SMILES string of the molecule is CCCC(CC)Nc1ccc([N+](=O)[O-])c(C#N)c1. The molecule has 18 heavy (non-hydrogen) atoms. The molecule has 0 aliphatic heterocycles. The molecule has 5 nitrogen and oxygen atoms in total. The molecule has 0 radical (unpaired) electrons. The third-order valence-electron chi connectivity index (χ3n) is 2.81. The first-order valence-corrected chi connectivity index (χ1v) is 6.07. The molecular weight excluding hydrogens is 230 g/mol. The van der Waals surface area contributed by atoms with Crippen molar-refractivity contribution < 1.29 is 4.92 Å². The second kappa shape index (κ2) is 6.60. The fourth-order valence-corrected chi connectivity index (χ4v) is 1.84. The maximum absolute atomic E-state index is 10.7. The molecule has 0 amide bonds. The second-order valence-electron chi connectivity index (χ2n) is 4.14. The van der Waals surface area contributed by atoms with Gasteiger partial charge in [0, 0.05) is 17.8 Å². The number of rotatable bonds is 6. The molecule has 0 saturated heterocycles. The van der Waals surface area contributed by atoms with Crippen molar-refractivity contribution in [2.75, 3.05) is 5.32 Å². The van der Waals surface area contributed by atoms with Crippen molar-refractivity contribution in [2.24, 2.45) is 0 Å². The minimum Gasteiger partial charge on any atom is -0.382 e. The zero-order valence-electron chi connectivity index (χ0n) is 10.6. The highest BCUT2D eigenvalue weighted by atomic mass is 16.6. The predicted molar refractivity (Wildman–Crippen MR) is 70.4 cm³/mol. The van der Waals surface area contributed by atoms with E-state index in [9.17, 15) is 10.1 Å². The Bertz CT molecular complexity index is 466. The number of nitrogens with zero attached hydrogens (tertiary/aromatic N) is 2. The first-order valence-electron chi connectivity index (χ1n) is 6.07. The van der Waals surface area contributed by atoms with E-state index >= 15 is 0 Å². The smallest absolute Gasteiger partial charge is 0.287 e. The van der Waals surface area contributed by atoms with Gasteiger partial charge < -0.3 is 5.32 Å². The summed E-state index contributed by atoms with van der Waals surface area (Å²) in [5, 5.41) is 22.9. The van der Waals surface area contributed by atoms with E-state index in [1.165, 1.54) is 12.1 Å². The fourth-order valence-electron chi connectivity index (χ4n) is 1.84. The van der Waals surface area contributed by atoms with Gasteiger partial charge in [-0.2, -0.15) is 5.26 Å². The third-order valence-corrected chi connectivity index (χ3v) is 2.81. The van der Waals surface area contributed by atoms with Gasteiger partial charge in [-0.25, -0.2) is 0 Å². The van der Waals surface area contributed by atoms with Crippen LogP contribution in [0.25, 0.3) is 0 Å². The Morgan fingerprint density at radius 3 is 2.72 bits per heavy atom. The van der Waals surface area contributed by atoms with Crippen molar-refractivity contribution >= 4 is 11.4 Å². The number of nitro benzene ring substituents is 1. The highest BCUT2D eigenvalue weighted by Gasteiger charge is 2.14. The van der Waals surface area contributed by atoms with Crippen LogP contribution >= 0.6 is 0 Å². The summed E-state index contributed by atoms with van der Waals surface area (Å²) in [6, 6.07) is 6.76. The van der Waals surface area contributed by atoms with Crippen molar-refractivity contribution in [1.29, 1.82) is 5.26 Å². The molecule has 1 unspecified atom stereocenters. The van der Waals surface area contributed by atoms with E-state index in [2.05, 4.69) is 19.2 Å². The molecule has 5 heteroatoms. The first-order chi connectivity index (χ1) is 8.62. The van der Waals surface area contributed by atoms with Crippen molar-refractivity contribution in [3.8, 4) is 6.07 Å². The van der Waals surface area contributed by atoms with Crippen LogP contribution in [-0.4, -0.2) is 11.0 Å².